The molecule has 6 heteroatoms. The van der Waals surface area contributed by atoms with Gasteiger partial charge in [-0.3, -0.25) is 4.79 Å². The van der Waals surface area contributed by atoms with Crippen molar-refractivity contribution in [3.63, 3.8) is 0 Å². The summed E-state index contributed by atoms with van der Waals surface area (Å²) < 4.78 is 0. The molecule has 0 unspecified atom stereocenters. The van der Waals surface area contributed by atoms with Crippen molar-refractivity contribution in [2.75, 3.05) is 34.8 Å². The zero-order valence-corrected chi connectivity index (χ0v) is 18.0. The number of carboxylic acids is 1. The van der Waals surface area contributed by atoms with Crippen molar-refractivity contribution in [1.29, 1.82) is 0 Å². The molecule has 1 fully saturated rings. The van der Waals surface area contributed by atoms with Gasteiger partial charge in [-0.1, -0.05) is 25.5 Å². The number of amides is 1. The number of rotatable bonds is 7. The molecule has 1 atom stereocenters. The maximum Gasteiger partial charge on any atom is 0.335 e. The molecule has 2 aromatic rings. The van der Waals surface area contributed by atoms with Crippen LogP contribution in [0, 0.1) is 6.92 Å². The van der Waals surface area contributed by atoms with Crippen LogP contribution in [0.25, 0.3) is 0 Å². The van der Waals surface area contributed by atoms with Gasteiger partial charge in [0.25, 0.3) is 0 Å². The first-order chi connectivity index (χ1) is 14.4. The molecule has 30 heavy (non-hydrogen) atoms. The van der Waals surface area contributed by atoms with Gasteiger partial charge in [0.05, 0.1) is 16.9 Å². The maximum absolute atomic E-state index is 12.3. The predicted molar refractivity (Wildman–Crippen MR) is 122 cm³/mol. The summed E-state index contributed by atoms with van der Waals surface area (Å²) in [5.41, 5.74) is 4.09. The van der Waals surface area contributed by atoms with Gasteiger partial charge in [-0.05, 0) is 56.2 Å². The van der Waals surface area contributed by atoms with E-state index in [-0.39, 0.29) is 17.5 Å². The lowest BCUT2D eigenvalue weighted by Crippen LogP contribution is -2.52. The fourth-order valence-electron chi connectivity index (χ4n) is 3.96. The van der Waals surface area contributed by atoms with Gasteiger partial charge in [0.2, 0.25) is 5.91 Å². The number of unbranched alkanes of at least 4 members (excludes halogenated alkanes) is 1. The first-order valence-electron chi connectivity index (χ1n) is 10.6. The first-order valence-corrected chi connectivity index (χ1v) is 10.6. The van der Waals surface area contributed by atoms with E-state index in [1.807, 2.05) is 13.0 Å². The SMILES string of the molecule is CCCCC(=O)Nc1cc(C(=O)O)ccc1N1CCN(c2cccc(C)c2)[C@H](C)C1. The molecule has 0 aliphatic carbocycles. The molecule has 1 aliphatic rings. The molecule has 0 radical (unpaired) electrons. The number of hydrogen-bond donors (Lipinski definition) is 2. The second kappa shape index (κ2) is 9.65. The molecule has 0 bridgehead atoms. The minimum atomic E-state index is -0.997. The third kappa shape index (κ3) is 5.12. The minimum absolute atomic E-state index is 0.0768. The van der Waals surface area contributed by atoms with E-state index in [1.54, 1.807) is 12.1 Å². The molecule has 6 nitrogen and oxygen atoms in total. The molecule has 2 N–H and O–H groups in total. The highest BCUT2D eigenvalue weighted by Crippen LogP contribution is 2.31. The van der Waals surface area contributed by atoms with Crippen molar-refractivity contribution in [1.82, 2.24) is 0 Å². The number of nitrogens with one attached hydrogen (secondary N) is 1. The number of aryl methyl sites for hydroxylation is 1. The quantitative estimate of drug-likeness (QED) is 0.703. The second-order valence-electron chi connectivity index (χ2n) is 8.02. The predicted octanol–water partition coefficient (Wildman–Crippen LogP) is 4.54. The molecular formula is C24H31N3O3. The number of nitrogens with zero attached hydrogens (tertiary/aromatic N) is 2. The zero-order chi connectivity index (χ0) is 21.7. The van der Waals surface area contributed by atoms with E-state index in [1.165, 1.54) is 11.3 Å². The Bertz CT molecular complexity index is 912. The average molecular weight is 410 g/mol. The van der Waals surface area contributed by atoms with E-state index in [0.29, 0.717) is 12.1 Å². The van der Waals surface area contributed by atoms with E-state index in [9.17, 15) is 14.7 Å². The summed E-state index contributed by atoms with van der Waals surface area (Å²) in [5.74, 6) is -1.07. The molecule has 0 aromatic heterocycles. The van der Waals surface area contributed by atoms with E-state index < -0.39 is 5.97 Å². The number of carbonyl (C=O) groups is 2. The van der Waals surface area contributed by atoms with Gasteiger partial charge in [-0.15, -0.1) is 0 Å². The Morgan fingerprint density at radius 1 is 1.17 bits per heavy atom. The van der Waals surface area contributed by atoms with E-state index in [4.69, 9.17) is 0 Å². The normalized spacial score (nSPS) is 16.4. The van der Waals surface area contributed by atoms with Crippen LogP contribution in [0.3, 0.4) is 0 Å². The van der Waals surface area contributed by atoms with Crippen LogP contribution >= 0.6 is 0 Å². The highest BCUT2D eigenvalue weighted by atomic mass is 16.4. The van der Waals surface area contributed by atoms with E-state index in [0.717, 1.165) is 38.2 Å². The molecule has 3 rings (SSSR count). The maximum atomic E-state index is 12.3. The summed E-state index contributed by atoms with van der Waals surface area (Å²) in [6.45, 7) is 8.77. The van der Waals surface area contributed by atoms with Crippen LogP contribution in [0.15, 0.2) is 42.5 Å². The van der Waals surface area contributed by atoms with E-state index >= 15 is 0 Å². The Morgan fingerprint density at radius 2 is 1.97 bits per heavy atom. The fraction of sp³-hybridized carbons (Fsp3) is 0.417. The highest BCUT2D eigenvalue weighted by molar-refractivity contribution is 5.97. The van der Waals surface area contributed by atoms with Crippen LogP contribution < -0.4 is 15.1 Å². The Kier molecular flexibility index (Phi) is 6.98. The van der Waals surface area contributed by atoms with Crippen LogP contribution in [0.1, 0.15) is 49.0 Å². The monoisotopic (exact) mass is 409 g/mol. The molecule has 0 saturated carbocycles. The molecule has 1 saturated heterocycles. The van der Waals surface area contributed by atoms with Crippen LogP contribution in [-0.4, -0.2) is 42.7 Å². The van der Waals surface area contributed by atoms with Gasteiger partial charge in [0.15, 0.2) is 0 Å². The largest absolute Gasteiger partial charge is 0.478 e. The molecule has 1 aliphatic heterocycles. The summed E-state index contributed by atoms with van der Waals surface area (Å²) in [4.78, 5) is 28.4. The summed E-state index contributed by atoms with van der Waals surface area (Å²) in [7, 11) is 0. The smallest absolute Gasteiger partial charge is 0.335 e. The lowest BCUT2D eigenvalue weighted by atomic mass is 10.1. The molecule has 160 valence electrons. The number of anilines is 3. The van der Waals surface area contributed by atoms with Crippen molar-refractivity contribution in [2.45, 2.75) is 46.1 Å². The topological polar surface area (TPSA) is 72.9 Å². The molecule has 2 aromatic carbocycles. The number of benzene rings is 2. The molecular weight excluding hydrogens is 378 g/mol. The Balaban J connectivity index is 1.81. The standard InChI is InChI=1S/C24H31N3O3/c1-4-5-9-23(28)25-21-15-19(24(29)30)10-11-22(21)26-12-13-27(18(3)16-26)20-8-6-7-17(2)14-20/h6-8,10-11,14-15,18H,4-5,9,12-13,16H2,1-3H3,(H,25,28)(H,29,30)/t18-/m1/s1. The van der Waals surface area contributed by atoms with Crippen molar-refractivity contribution >= 4 is 28.9 Å². The number of aromatic carboxylic acids is 1. The van der Waals surface area contributed by atoms with Gasteiger partial charge in [0.1, 0.15) is 0 Å². The van der Waals surface area contributed by atoms with Gasteiger partial charge < -0.3 is 20.2 Å². The van der Waals surface area contributed by atoms with Crippen molar-refractivity contribution in [3.05, 3.63) is 53.6 Å². The van der Waals surface area contributed by atoms with Crippen LogP contribution in [0.2, 0.25) is 0 Å². The van der Waals surface area contributed by atoms with Gasteiger partial charge in [-0.25, -0.2) is 4.79 Å². The van der Waals surface area contributed by atoms with Crippen molar-refractivity contribution < 1.29 is 14.7 Å². The number of piperazine rings is 1. The number of carbonyl (C=O) groups excluding carboxylic acids is 1. The Labute approximate surface area is 178 Å². The number of carboxylic acid groups (broad SMARTS) is 1. The lowest BCUT2D eigenvalue weighted by Gasteiger charge is -2.43. The average Bonchev–Trinajstić information content (AvgIpc) is 2.72. The molecule has 1 heterocycles. The zero-order valence-electron chi connectivity index (χ0n) is 18.0. The summed E-state index contributed by atoms with van der Waals surface area (Å²) >= 11 is 0. The third-order valence-corrected chi connectivity index (χ3v) is 5.58. The highest BCUT2D eigenvalue weighted by Gasteiger charge is 2.26. The molecule has 1 amide bonds. The van der Waals surface area contributed by atoms with Crippen molar-refractivity contribution in [2.24, 2.45) is 0 Å². The lowest BCUT2D eigenvalue weighted by molar-refractivity contribution is -0.116. The Morgan fingerprint density at radius 3 is 2.63 bits per heavy atom. The van der Waals surface area contributed by atoms with Gasteiger partial charge in [-0.2, -0.15) is 0 Å². The third-order valence-electron chi connectivity index (χ3n) is 5.58. The summed E-state index contributed by atoms with van der Waals surface area (Å²) in [6.07, 6.45) is 2.19. The summed E-state index contributed by atoms with van der Waals surface area (Å²) in [6, 6.07) is 13.8. The van der Waals surface area contributed by atoms with Crippen LogP contribution in [-0.2, 0) is 4.79 Å². The van der Waals surface area contributed by atoms with E-state index in [2.05, 4.69) is 53.2 Å². The summed E-state index contributed by atoms with van der Waals surface area (Å²) in [5, 5.41) is 12.3. The molecule has 0 spiro atoms. The van der Waals surface area contributed by atoms with Gasteiger partial charge >= 0.3 is 5.97 Å². The fourth-order valence-corrected chi connectivity index (χ4v) is 3.96. The van der Waals surface area contributed by atoms with Crippen molar-refractivity contribution in [3.8, 4) is 0 Å². The first kappa shape index (κ1) is 21.7. The van der Waals surface area contributed by atoms with Gasteiger partial charge in [0, 0.05) is 37.8 Å². The number of hydrogen-bond acceptors (Lipinski definition) is 4. The Hall–Kier alpha value is -3.02. The van der Waals surface area contributed by atoms with Crippen LogP contribution in [0.4, 0.5) is 17.1 Å². The minimum Gasteiger partial charge on any atom is -0.478 e. The van der Waals surface area contributed by atoms with Crippen LogP contribution in [0.5, 0.6) is 0 Å². The second-order valence-corrected chi connectivity index (χ2v) is 8.02.